The summed E-state index contributed by atoms with van der Waals surface area (Å²) in [7, 11) is 0. The summed E-state index contributed by atoms with van der Waals surface area (Å²) in [5.41, 5.74) is 10.2. The molecule has 0 saturated heterocycles. The van der Waals surface area contributed by atoms with E-state index < -0.39 is 18.2 Å². The number of aromatic nitrogens is 2. The number of nitrogens with one attached hydrogen (secondary N) is 2. The van der Waals surface area contributed by atoms with E-state index in [4.69, 9.17) is 27.1 Å². The van der Waals surface area contributed by atoms with Gasteiger partial charge in [-0.15, -0.1) is 0 Å². The van der Waals surface area contributed by atoms with Gasteiger partial charge in [-0.2, -0.15) is 0 Å². The minimum atomic E-state index is -0.669. The van der Waals surface area contributed by atoms with Gasteiger partial charge in [0.25, 0.3) is 5.91 Å². The van der Waals surface area contributed by atoms with Gasteiger partial charge in [-0.1, -0.05) is 41.9 Å². The molecule has 9 nitrogen and oxygen atoms in total. The zero-order chi connectivity index (χ0) is 29.7. The molecule has 1 unspecified atom stereocenters. The number of nitrogens with two attached hydrogens (primary N) is 1. The van der Waals surface area contributed by atoms with Crippen molar-refractivity contribution in [1.82, 2.24) is 20.0 Å². The molecule has 2 heterocycles. The summed E-state index contributed by atoms with van der Waals surface area (Å²) in [6.45, 7) is 7.32. The molecule has 2 aromatic carbocycles. The minimum Gasteiger partial charge on any atom is -0.489 e. The quantitative estimate of drug-likeness (QED) is 0.210. The molecule has 0 aliphatic rings. The molecule has 5 N–H and O–H groups in total. The van der Waals surface area contributed by atoms with Crippen molar-refractivity contribution in [2.45, 2.75) is 58.4 Å². The van der Waals surface area contributed by atoms with E-state index in [0.29, 0.717) is 28.4 Å². The van der Waals surface area contributed by atoms with E-state index in [1.807, 2.05) is 67.0 Å². The summed E-state index contributed by atoms with van der Waals surface area (Å²) >= 11 is 6.34. The highest BCUT2D eigenvalue weighted by Crippen LogP contribution is 2.27. The normalized spacial score (nSPS) is 13.6. The van der Waals surface area contributed by atoms with Crippen LogP contribution in [0, 0.1) is 0 Å². The molecular formula is C31H36ClN5O4. The van der Waals surface area contributed by atoms with Gasteiger partial charge >= 0.3 is 0 Å². The van der Waals surface area contributed by atoms with Crippen LogP contribution >= 0.6 is 11.6 Å². The summed E-state index contributed by atoms with van der Waals surface area (Å²) in [6, 6.07) is 15.4. The molecule has 0 fully saturated rings. The number of amides is 2. The fourth-order valence-electron chi connectivity index (χ4n) is 4.42. The van der Waals surface area contributed by atoms with Crippen LogP contribution in [0.2, 0.25) is 5.02 Å². The molecule has 2 aromatic heterocycles. The molecule has 0 radical (unpaired) electrons. The van der Waals surface area contributed by atoms with Crippen molar-refractivity contribution >= 4 is 29.1 Å². The number of fused-ring (bicyclic) bond motifs is 1. The lowest BCUT2D eigenvalue weighted by atomic mass is 10.0. The number of pyridine rings is 1. The number of carbonyl (C=O) groups excluding carboxylic acids is 2. The van der Waals surface area contributed by atoms with Crippen molar-refractivity contribution in [2.24, 2.45) is 5.73 Å². The molecule has 0 aliphatic carbocycles. The van der Waals surface area contributed by atoms with Crippen molar-refractivity contribution in [3.05, 3.63) is 88.7 Å². The second-order valence-corrected chi connectivity index (χ2v) is 10.8. The Morgan fingerprint density at radius 2 is 1.83 bits per heavy atom. The number of aliphatic hydroxyl groups is 1. The van der Waals surface area contributed by atoms with Crippen LogP contribution in [-0.4, -0.2) is 51.0 Å². The van der Waals surface area contributed by atoms with Crippen LogP contribution in [0.15, 0.2) is 67.0 Å². The van der Waals surface area contributed by atoms with Gasteiger partial charge in [0.2, 0.25) is 5.91 Å². The summed E-state index contributed by atoms with van der Waals surface area (Å²) in [4.78, 5) is 30.0. The van der Waals surface area contributed by atoms with E-state index in [1.54, 1.807) is 32.0 Å². The van der Waals surface area contributed by atoms with Gasteiger partial charge < -0.3 is 30.6 Å². The third-order valence-corrected chi connectivity index (χ3v) is 6.82. The van der Waals surface area contributed by atoms with Gasteiger partial charge in [-0.3, -0.25) is 9.59 Å². The summed E-state index contributed by atoms with van der Waals surface area (Å²) in [5.74, 6) is -0.119. The Bertz CT molecular complexity index is 1510. The zero-order valence-electron chi connectivity index (χ0n) is 23.6. The van der Waals surface area contributed by atoms with Gasteiger partial charge in [-0.25, -0.2) is 4.98 Å². The van der Waals surface area contributed by atoms with E-state index in [0.717, 1.165) is 22.4 Å². The number of hydrogen-bond donors (Lipinski definition) is 4. The average molecular weight is 578 g/mol. The van der Waals surface area contributed by atoms with E-state index in [-0.39, 0.29) is 24.5 Å². The minimum absolute atomic E-state index is 0.0501. The van der Waals surface area contributed by atoms with Crippen molar-refractivity contribution < 1.29 is 19.4 Å². The maximum atomic E-state index is 13.1. The number of rotatable bonds is 11. The Kier molecular flexibility index (Phi) is 9.65. The summed E-state index contributed by atoms with van der Waals surface area (Å²) in [5, 5.41) is 16.3. The lowest BCUT2D eigenvalue weighted by Gasteiger charge is -2.21. The molecule has 0 spiro atoms. The van der Waals surface area contributed by atoms with Crippen molar-refractivity contribution in [1.29, 1.82) is 0 Å². The van der Waals surface area contributed by atoms with Crippen LogP contribution in [0.3, 0.4) is 0 Å². The van der Waals surface area contributed by atoms with Gasteiger partial charge in [0, 0.05) is 35.6 Å². The van der Waals surface area contributed by atoms with Crippen LogP contribution in [0.4, 0.5) is 0 Å². The van der Waals surface area contributed by atoms with Crippen LogP contribution in [-0.2, 0) is 11.2 Å². The molecular weight excluding hydrogens is 542 g/mol. The molecule has 10 heteroatoms. The number of ether oxygens (including phenoxy) is 1. The third kappa shape index (κ3) is 7.64. The number of hydrogen-bond acceptors (Lipinski definition) is 6. The van der Waals surface area contributed by atoms with Crippen LogP contribution < -0.4 is 21.1 Å². The number of imidazole rings is 1. The largest absolute Gasteiger partial charge is 0.489 e. The summed E-state index contributed by atoms with van der Waals surface area (Å²) < 4.78 is 7.56. The second-order valence-electron chi connectivity index (χ2n) is 10.4. The SMILES string of the molecule is CC(C)Oc1ccc(C(=O)N[C@H](CNC(=O)[C@H](C)N)Cc2ccc(-c3cn4cccc(C(C)O)c4n3)cc2)cc1Cl. The number of halogens is 1. The Hall–Kier alpha value is -3.92. The van der Waals surface area contributed by atoms with E-state index in [2.05, 4.69) is 10.6 Å². The number of nitrogens with zero attached hydrogens (tertiary/aromatic N) is 2. The molecule has 4 aromatic rings. The van der Waals surface area contributed by atoms with E-state index in [1.165, 1.54) is 0 Å². The Labute approximate surface area is 244 Å². The number of aliphatic hydroxyl groups excluding tert-OH is 1. The van der Waals surface area contributed by atoms with Gasteiger partial charge in [0.1, 0.15) is 11.4 Å². The topological polar surface area (TPSA) is 131 Å². The van der Waals surface area contributed by atoms with Gasteiger partial charge in [0.15, 0.2) is 0 Å². The lowest BCUT2D eigenvalue weighted by Crippen LogP contribution is -2.48. The Balaban J connectivity index is 1.51. The third-order valence-electron chi connectivity index (χ3n) is 6.52. The smallest absolute Gasteiger partial charge is 0.251 e. The number of carbonyl (C=O) groups is 2. The van der Waals surface area contributed by atoms with E-state index in [9.17, 15) is 14.7 Å². The maximum Gasteiger partial charge on any atom is 0.251 e. The molecule has 0 aliphatic heterocycles. The highest BCUT2D eigenvalue weighted by atomic mass is 35.5. The van der Waals surface area contributed by atoms with Crippen molar-refractivity contribution in [3.63, 3.8) is 0 Å². The number of benzene rings is 2. The maximum absolute atomic E-state index is 13.1. The van der Waals surface area contributed by atoms with Crippen LogP contribution in [0.25, 0.3) is 16.9 Å². The van der Waals surface area contributed by atoms with Crippen molar-refractivity contribution in [3.8, 4) is 17.0 Å². The predicted octanol–water partition coefficient (Wildman–Crippen LogP) is 4.30. The monoisotopic (exact) mass is 577 g/mol. The molecule has 216 valence electrons. The molecule has 41 heavy (non-hydrogen) atoms. The van der Waals surface area contributed by atoms with Crippen molar-refractivity contribution in [2.75, 3.05) is 6.54 Å². The first kappa shape index (κ1) is 30.0. The molecule has 3 atom stereocenters. The first-order valence-corrected chi connectivity index (χ1v) is 13.9. The zero-order valence-corrected chi connectivity index (χ0v) is 24.4. The van der Waals surface area contributed by atoms with Gasteiger partial charge in [0.05, 0.1) is 35.0 Å². The fraction of sp³-hybridized carbons (Fsp3) is 0.323. The van der Waals surface area contributed by atoms with Crippen LogP contribution in [0.5, 0.6) is 5.75 Å². The Morgan fingerprint density at radius 3 is 2.46 bits per heavy atom. The summed E-state index contributed by atoms with van der Waals surface area (Å²) in [6.07, 6.45) is 3.60. The second kappa shape index (κ2) is 13.2. The van der Waals surface area contributed by atoms with E-state index >= 15 is 0 Å². The molecule has 0 bridgehead atoms. The average Bonchev–Trinajstić information content (AvgIpc) is 3.37. The van der Waals surface area contributed by atoms with Crippen LogP contribution in [0.1, 0.15) is 55.3 Å². The Morgan fingerprint density at radius 1 is 1.10 bits per heavy atom. The highest BCUT2D eigenvalue weighted by Gasteiger charge is 2.19. The highest BCUT2D eigenvalue weighted by molar-refractivity contribution is 6.32. The predicted molar refractivity (Wildman–Crippen MR) is 160 cm³/mol. The molecule has 2 amide bonds. The lowest BCUT2D eigenvalue weighted by molar-refractivity contribution is -0.122. The standard InChI is InChI=1S/C31H36ClN5O4/c1-18(2)41-28-12-11-23(15-26(28)32)31(40)35-24(16-34-30(39)19(3)33)14-21-7-9-22(10-8-21)27-17-37-13-5-6-25(20(4)38)29(37)36-27/h5-13,15,17-20,24,38H,14,16,33H2,1-4H3,(H,34,39)(H,35,40)/t19-,20?,24-/m0/s1. The first-order valence-electron chi connectivity index (χ1n) is 13.6. The first-order chi connectivity index (χ1) is 19.5. The fourth-order valence-corrected chi connectivity index (χ4v) is 4.64. The van der Waals surface area contributed by atoms with Gasteiger partial charge in [-0.05, 0) is 63.9 Å². The molecule has 0 saturated carbocycles. The molecule has 4 rings (SSSR count).